The number of benzene rings is 3. The van der Waals surface area contributed by atoms with Crippen LogP contribution in [0.15, 0.2) is 71.3 Å². The van der Waals surface area contributed by atoms with Crippen LogP contribution in [0.4, 0.5) is 19.7 Å². The van der Waals surface area contributed by atoms with Gasteiger partial charge >= 0.3 is 12.1 Å². The van der Waals surface area contributed by atoms with Gasteiger partial charge in [0.1, 0.15) is 17.4 Å². The van der Waals surface area contributed by atoms with Crippen LogP contribution in [0.25, 0.3) is 22.1 Å². The fraction of sp³-hybridized carbons (Fsp3) is 0.207. The molecule has 11 heteroatoms. The molecule has 0 radical (unpaired) electrons. The largest absolute Gasteiger partial charge is 0.465 e. The second kappa shape index (κ2) is 11.7. The SMILES string of the molecule is O=C(O)NCc1cccc(-c2cc(NC(=O)N3CCCC3C(=O)NCc3cccc(Cl)c3F)cc3ccoc23)c1. The molecule has 5 rings (SSSR count). The summed E-state index contributed by atoms with van der Waals surface area (Å²) in [5, 5.41) is 17.6. The van der Waals surface area contributed by atoms with Crippen molar-refractivity contribution in [2.24, 2.45) is 0 Å². The summed E-state index contributed by atoms with van der Waals surface area (Å²) in [6.07, 6.45) is 1.58. The second-order valence-corrected chi connectivity index (χ2v) is 9.84. The number of halogens is 2. The summed E-state index contributed by atoms with van der Waals surface area (Å²) in [7, 11) is 0. The first-order valence-electron chi connectivity index (χ1n) is 12.7. The Morgan fingerprint density at radius 1 is 1.05 bits per heavy atom. The van der Waals surface area contributed by atoms with Crippen molar-refractivity contribution >= 4 is 46.3 Å². The molecule has 9 nitrogen and oxygen atoms in total. The quantitative estimate of drug-likeness (QED) is 0.220. The number of carbonyl (C=O) groups is 3. The molecule has 1 saturated heterocycles. The van der Waals surface area contributed by atoms with E-state index in [0.717, 1.165) is 16.5 Å². The highest BCUT2D eigenvalue weighted by atomic mass is 35.5. The van der Waals surface area contributed by atoms with E-state index in [1.54, 1.807) is 36.6 Å². The van der Waals surface area contributed by atoms with E-state index in [4.69, 9.17) is 21.1 Å². The van der Waals surface area contributed by atoms with Gasteiger partial charge < -0.3 is 30.4 Å². The number of likely N-dealkylation sites (tertiary alicyclic amines) is 1. The molecule has 1 aliphatic rings. The van der Waals surface area contributed by atoms with Crippen molar-refractivity contribution in [1.29, 1.82) is 0 Å². The second-order valence-electron chi connectivity index (χ2n) is 9.43. The van der Waals surface area contributed by atoms with Gasteiger partial charge in [-0.25, -0.2) is 14.0 Å². The minimum absolute atomic E-state index is 0.0220. The van der Waals surface area contributed by atoms with Gasteiger partial charge in [-0.3, -0.25) is 4.79 Å². The lowest BCUT2D eigenvalue weighted by atomic mass is 10.0. The molecular formula is C29H26ClFN4O5. The van der Waals surface area contributed by atoms with Gasteiger partial charge in [0, 0.05) is 41.8 Å². The van der Waals surface area contributed by atoms with Crippen molar-refractivity contribution in [3.8, 4) is 11.1 Å². The van der Waals surface area contributed by atoms with E-state index < -0.39 is 24.0 Å². The van der Waals surface area contributed by atoms with Gasteiger partial charge in [0.2, 0.25) is 5.91 Å². The van der Waals surface area contributed by atoms with Crippen LogP contribution < -0.4 is 16.0 Å². The zero-order valence-electron chi connectivity index (χ0n) is 21.2. The molecular weight excluding hydrogens is 539 g/mol. The minimum atomic E-state index is -1.12. The van der Waals surface area contributed by atoms with Gasteiger partial charge in [-0.2, -0.15) is 0 Å². The minimum Gasteiger partial charge on any atom is -0.465 e. The standard InChI is InChI=1S/C29H26ClFN4O5/c30-23-7-2-6-20(25(23)31)16-32-27(36)24-8-3-10-35(24)28(37)34-21-13-19-9-11-40-26(19)22(14-21)18-5-1-4-17(12-18)15-33-29(38)39/h1-2,4-7,9,11-14,24,33H,3,8,10,15-16H2,(H,32,36)(H,34,37)(H,38,39). The molecule has 3 aromatic carbocycles. The lowest BCUT2D eigenvalue weighted by Gasteiger charge is -2.24. The average Bonchev–Trinajstić information content (AvgIpc) is 3.62. The number of nitrogens with one attached hydrogen (secondary N) is 3. The molecule has 4 amide bonds. The first-order chi connectivity index (χ1) is 19.3. The number of carboxylic acid groups (broad SMARTS) is 1. The van der Waals surface area contributed by atoms with Crippen molar-refractivity contribution in [1.82, 2.24) is 15.5 Å². The molecule has 1 aromatic heterocycles. The molecule has 40 heavy (non-hydrogen) atoms. The average molecular weight is 565 g/mol. The topological polar surface area (TPSA) is 124 Å². The van der Waals surface area contributed by atoms with Crippen molar-refractivity contribution < 1.29 is 28.3 Å². The number of urea groups is 1. The number of carbonyl (C=O) groups excluding carboxylic acids is 2. The Bertz CT molecular complexity index is 1590. The lowest BCUT2D eigenvalue weighted by molar-refractivity contribution is -0.124. The number of amides is 4. The first-order valence-corrected chi connectivity index (χ1v) is 13.0. The molecule has 0 bridgehead atoms. The Morgan fingerprint density at radius 3 is 2.70 bits per heavy atom. The van der Waals surface area contributed by atoms with Crippen LogP contribution in [0.3, 0.4) is 0 Å². The number of furan rings is 1. The molecule has 1 aliphatic heterocycles. The molecule has 1 unspecified atom stereocenters. The number of anilines is 1. The highest BCUT2D eigenvalue weighted by molar-refractivity contribution is 6.30. The molecule has 0 saturated carbocycles. The van der Waals surface area contributed by atoms with Gasteiger partial charge in [0.15, 0.2) is 0 Å². The molecule has 206 valence electrons. The third-order valence-corrected chi connectivity index (χ3v) is 7.08. The summed E-state index contributed by atoms with van der Waals surface area (Å²) in [5.41, 5.74) is 3.65. The fourth-order valence-corrected chi connectivity index (χ4v) is 5.05. The Morgan fingerprint density at radius 2 is 1.88 bits per heavy atom. The van der Waals surface area contributed by atoms with E-state index >= 15 is 0 Å². The normalized spacial score (nSPS) is 14.8. The predicted octanol–water partition coefficient (Wildman–Crippen LogP) is 5.97. The van der Waals surface area contributed by atoms with E-state index in [1.165, 1.54) is 11.0 Å². The van der Waals surface area contributed by atoms with E-state index in [9.17, 15) is 18.8 Å². The monoisotopic (exact) mass is 564 g/mol. The molecule has 1 fully saturated rings. The van der Waals surface area contributed by atoms with Crippen molar-refractivity contribution in [3.05, 3.63) is 88.9 Å². The smallest absolute Gasteiger partial charge is 0.404 e. The van der Waals surface area contributed by atoms with Crippen molar-refractivity contribution in [2.75, 3.05) is 11.9 Å². The Kier molecular flexibility index (Phi) is 7.88. The first kappa shape index (κ1) is 27.0. The van der Waals surface area contributed by atoms with E-state index in [1.807, 2.05) is 24.3 Å². The van der Waals surface area contributed by atoms with Gasteiger partial charge in [0.25, 0.3) is 0 Å². The van der Waals surface area contributed by atoms with Gasteiger partial charge in [-0.05, 0) is 54.3 Å². The van der Waals surface area contributed by atoms with Crippen molar-refractivity contribution in [3.63, 3.8) is 0 Å². The highest BCUT2D eigenvalue weighted by Crippen LogP contribution is 2.34. The Balaban J connectivity index is 1.32. The molecule has 0 spiro atoms. The fourth-order valence-electron chi connectivity index (χ4n) is 4.86. The summed E-state index contributed by atoms with van der Waals surface area (Å²) >= 11 is 5.83. The van der Waals surface area contributed by atoms with Crippen LogP contribution in [-0.4, -0.2) is 40.6 Å². The van der Waals surface area contributed by atoms with E-state index in [-0.39, 0.29) is 29.6 Å². The van der Waals surface area contributed by atoms with Crippen LogP contribution in [0.2, 0.25) is 5.02 Å². The Hall–Kier alpha value is -4.57. The maximum Gasteiger partial charge on any atom is 0.404 e. The number of fused-ring (bicyclic) bond motifs is 1. The molecule has 1 atom stereocenters. The van der Waals surface area contributed by atoms with Crippen molar-refractivity contribution in [2.45, 2.75) is 32.0 Å². The zero-order chi connectivity index (χ0) is 28.2. The maximum absolute atomic E-state index is 14.2. The summed E-state index contributed by atoms with van der Waals surface area (Å²) in [6.45, 7) is 0.497. The van der Waals surface area contributed by atoms with Crippen LogP contribution in [0.1, 0.15) is 24.0 Å². The van der Waals surface area contributed by atoms with E-state index in [0.29, 0.717) is 36.2 Å². The number of hydrogen-bond donors (Lipinski definition) is 4. The van der Waals surface area contributed by atoms with Crippen LogP contribution >= 0.6 is 11.6 Å². The third kappa shape index (κ3) is 5.86. The van der Waals surface area contributed by atoms with Crippen LogP contribution in [0, 0.1) is 5.82 Å². The summed E-state index contributed by atoms with van der Waals surface area (Å²) in [5.74, 6) is -0.954. The molecule has 2 heterocycles. The van der Waals surface area contributed by atoms with E-state index in [2.05, 4.69) is 16.0 Å². The maximum atomic E-state index is 14.2. The van der Waals surface area contributed by atoms with Gasteiger partial charge in [-0.15, -0.1) is 0 Å². The number of nitrogens with zero attached hydrogens (tertiary/aromatic N) is 1. The summed E-state index contributed by atoms with van der Waals surface area (Å²) in [4.78, 5) is 38.6. The Labute approximate surface area is 233 Å². The van der Waals surface area contributed by atoms with Crippen LogP contribution in [0.5, 0.6) is 0 Å². The molecule has 0 aliphatic carbocycles. The number of hydrogen-bond acceptors (Lipinski definition) is 4. The summed E-state index contributed by atoms with van der Waals surface area (Å²) in [6, 6.07) is 16.1. The zero-order valence-corrected chi connectivity index (χ0v) is 22.0. The van der Waals surface area contributed by atoms with Gasteiger partial charge in [0.05, 0.1) is 11.3 Å². The highest BCUT2D eigenvalue weighted by Gasteiger charge is 2.34. The van der Waals surface area contributed by atoms with Gasteiger partial charge in [-0.1, -0.05) is 41.9 Å². The van der Waals surface area contributed by atoms with Crippen LogP contribution in [-0.2, 0) is 17.9 Å². The number of rotatable bonds is 7. The summed E-state index contributed by atoms with van der Waals surface area (Å²) < 4.78 is 19.9. The lowest BCUT2D eigenvalue weighted by Crippen LogP contribution is -2.47. The molecule has 4 aromatic rings. The third-order valence-electron chi connectivity index (χ3n) is 6.79. The predicted molar refractivity (Wildman–Crippen MR) is 149 cm³/mol. The molecule has 4 N–H and O–H groups in total.